The number of aromatic nitrogens is 1. The van der Waals surface area contributed by atoms with E-state index in [2.05, 4.69) is 9.71 Å². The molecule has 2 atom stereocenters. The number of ether oxygens (including phenoxy) is 1. The summed E-state index contributed by atoms with van der Waals surface area (Å²) in [5, 5.41) is 0. The highest BCUT2D eigenvalue weighted by atomic mass is 32.2. The normalized spacial score (nSPS) is 24.3. The first-order valence-corrected chi connectivity index (χ1v) is 7.25. The summed E-state index contributed by atoms with van der Waals surface area (Å²) < 4.78 is 31.9. The van der Waals surface area contributed by atoms with E-state index in [0.717, 1.165) is 19.3 Å². The third kappa shape index (κ3) is 2.63. The summed E-state index contributed by atoms with van der Waals surface area (Å²) in [6, 6.07) is 0.927. The molecule has 1 aromatic heterocycles. The Morgan fingerprint density at radius 3 is 2.89 bits per heavy atom. The van der Waals surface area contributed by atoms with E-state index < -0.39 is 15.5 Å². The topological polar surface area (TPSA) is 88.3 Å². The number of H-pyrrole nitrogens is 1. The molecule has 2 rings (SSSR count). The van der Waals surface area contributed by atoms with Crippen molar-refractivity contribution in [1.82, 2.24) is 9.71 Å². The average Bonchev–Trinajstić information content (AvgIpc) is 2.76. The monoisotopic (exact) mass is 272 g/mol. The van der Waals surface area contributed by atoms with E-state index in [1.54, 1.807) is 7.11 Å². The number of pyridine rings is 1. The molecule has 100 valence electrons. The summed E-state index contributed by atoms with van der Waals surface area (Å²) in [6.07, 6.45) is 4.94. The molecule has 1 saturated carbocycles. The minimum Gasteiger partial charge on any atom is -0.380 e. The van der Waals surface area contributed by atoms with E-state index in [0.29, 0.717) is 0 Å². The molecule has 0 radical (unpaired) electrons. The van der Waals surface area contributed by atoms with Gasteiger partial charge in [-0.3, -0.25) is 4.79 Å². The number of rotatable bonds is 4. The molecular formula is C11H16N2O4S. The van der Waals surface area contributed by atoms with Gasteiger partial charge in [-0.1, -0.05) is 0 Å². The van der Waals surface area contributed by atoms with E-state index in [-0.39, 0.29) is 17.0 Å². The molecule has 2 unspecified atom stereocenters. The Morgan fingerprint density at radius 1 is 1.44 bits per heavy atom. The van der Waals surface area contributed by atoms with Gasteiger partial charge in [0, 0.05) is 31.6 Å². The van der Waals surface area contributed by atoms with Crippen molar-refractivity contribution in [2.75, 3.05) is 7.11 Å². The van der Waals surface area contributed by atoms with Crippen LogP contribution in [0.4, 0.5) is 0 Å². The van der Waals surface area contributed by atoms with Crippen LogP contribution in [0.25, 0.3) is 0 Å². The fourth-order valence-corrected chi connectivity index (χ4v) is 3.57. The van der Waals surface area contributed by atoms with E-state index in [1.165, 1.54) is 18.5 Å². The number of methoxy groups -OCH3 is 1. The van der Waals surface area contributed by atoms with Crippen molar-refractivity contribution >= 4 is 10.0 Å². The summed E-state index contributed by atoms with van der Waals surface area (Å²) in [4.78, 5) is 13.9. The fourth-order valence-electron chi connectivity index (χ4n) is 2.22. The van der Waals surface area contributed by atoms with Crippen LogP contribution in [0.3, 0.4) is 0 Å². The van der Waals surface area contributed by atoms with Gasteiger partial charge in [-0.15, -0.1) is 0 Å². The first-order valence-electron chi connectivity index (χ1n) is 5.77. The minimum absolute atomic E-state index is 0.123. The van der Waals surface area contributed by atoms with Crippen LogP contribution in [-0.4, -0.2) is 32.7 Å². The standard InChI is InChI=1S/C11H16N2O4S/c1-17-10-4-2-3-8(10)13-18(15,16)11-7-12-6-5-9(11)14/h5-8,10,13H,2-4H2,1H3,(H,12,14). The van der Waals surface area contributed by atoms with Crippen LogP contribution in [0.2, 0.25) is 0 Å². The van der Waals surface area contributed by atoms with E-state index >= 15 is 0 Å². The third-order valence-electron chi connectivity index (χ3n) is 3.14. The zero-order valence-corrected chi connectivity index (χ0v) is 10.9. The van der Waals surface area contributed by atoms with Crippen molar-refractivity contribution in [3.8, 4) is 0 Å². The van der Waals surface area contributed by atoms with Gasteiger partial charge in [0.1, 0.15) is 4.90 Å². The summed E-state index contributed by atoms with van der Waals surface area (Å²) in [5.41, 5.74) is -0.520. The second-order valence-electron chi connectivity index (χ2n) is 4.31. The van der Waals surface area contributed by atoms with Gasteiger partial charge in [-0.2, -0.15) is 0 Å². The SMILES string of the molecule is COC1CCCC1NS(=O)(=O)c1c[nH]ccc1=O. The van der Waals surface area contributed by atoms with Crippen molar-refractivity contribution in [2.24, 2.45) is 0 Å². The molecule has 1 aliphatic rings. The van der Waals surface area contributed by atoms with Gasteiger partial charge < -0.3 is 9.72 Å². The Kier molecular flexibility index (Phi) is 3.84. The molecule has 1 aromatic rings. The van der Waals surface area contributed by atoms with E-state index in [1.807, 2.05) is 0 Å². The first kappa shape index (κ1) is 13.3. The highest BCUT2D eigenvalue weighted by molar-refractivity contribution is 7.89. The van der Waals surface area contributed by atoms with Crippen LogP contribution in [0.15, 0.2) is 28.2 Å². The lowest BCUT2D eigenvalue weighted by molar-refractivity contribution is 0.0916. The van der Waals surface area contributed by atoms with Gasteiger partial charge in [0.15, 0.2) is 0 Å². The predicted octanol–water partition coefficient (Wildman–Crippen LogP) is 0.221. The van der Waals surface area contributed by atoms with Crippen LogP contribution < -0.4 is 10.2 Å². The molecule has 0 aliphatic heterocycles. The molecule has 1 heterocycles. The molecule has 2 N–H and O–H groups in total. The second kappa shape index (κ2) is 5.21. The summed E-state index contributed by atoms with van der Waals surface area (Å²) in [5.74, 6) is 0. The van der Waals surface area contributed by atoms with Crippen molar-refractivity contribution in [1.29, 1.82) is 0 Å². The lowest BCUT2D eigenvalue weighted by atomic mass is 10.2. The molecule has 7 heteroatoms. The zero-order valence-electron chi connectivity index (χ0n) is 10.0. The smallest absolute Gasteiger partial charge is 0.246 e. The Hall–Kier alpha value is -1.18. The lowest BCUT2D eigenvalue weighted by Crippen LogP contribution is -2.41. The predicted molar refractivity (Wildman–Crippen MR) is 65.8 cm³/mol. The molecule has 1 aliphatic carbocycles. The van der Waals surface area contributed by atoms with Crippen LogP contribution in [-0.2, 0) is 14.8 Å². The van der Waals surface area contributed by atoms with E-state index in [4.69, 9.17) is 4.74 Å². The Balaban J connectivity index is 2.23. The third-order valence-corrected chi connectivity index (χ3v) is 4.65. The number of aromatic amines is 1. The van der Waals surface area contributed by atoms with Gasteiger partial charge >= 0.3 is 0 Å². The Bertz CT molecular complexity index is 566. The average molecular weight is 272 g/mol. The van der Waals surface area contributed by atoms with Gasteiger partial charge in [-0.25, -0.2) is 13.1 Å². The molecule has 0 saturated heterocycles. The Morgan fingerprint density at radius 2 is 2.22 bits per heavy atom. The van der Waals surface area contributed by atoms with Crippen molar-refractivity contribution < 1.29 is 13.2 Å². The van der Waals surface area contributed by atoms with Crippen LogP contribution in [0.1, 0.15) is 19.3 Å². The summed E-state index contributed by atoms with van der Waals surface area (Å²) >= 11 is 0. The van der Waals surface area contributed by atoms with Gasteiger partial charge in [0.05, 0.1) is 6.10 Å². The molecule has 0 amide bonds. The van der Waals surface area contributed by atoms with Gasteiger partial charge in [0.2, 0.25) is 15.5 Å². The molecule has 0 bridgehead atoms. The molecule has 1 fully saturated rings. The highest BCUT2D eigenvalue weighted by Gasteiger charge is 2.32. The molecule has 6 nitrogen and oxygen atoms in total. The quantitative estimate of drug-likeness (QED) is 0.820. The lowest BCUT2D eigenvalue weighted by Gasteiger charge is -2.19. The zero-order chi connectivity index (χ0) is 13.2. The molecular weight excluding hydrogens is 256 g/mol. The largest absolute Gasteiger partial charge is 0.380 e. The van der Waals surface area contributed by atoms with Crippen LogP contribution in [0.5, 0.6) is 0 Å². The van der Waals surface area contributed by atoms with E-state index in [9.17, 15) is 13.2 Å². The molecule has 0 aromatic carbocycles. The van der Waals surface area contributed by atoms with Crippen LogP contribution >= 0.6 is 0 Å². The minimum atomic E-state index is -3.79. The van der Waals surface area contributed by atoms with Crippen LogP contribution in [0, 0.1) is 0 Å². The Labute approximate surface area is 105 Å². The maximum absolute atomic E-state index is 12.1. The first-order chi connectivity index (χ1) is 8.54. The molecule has 18 heavy (non-hydrogen) atoms. The number of nitrogens with one attached hydrogen (secondary N) is 2. The maximum atomic E-state index is 12.1. The van der Waals surface area contributed by atoms with Gasteiger partial charge in [0.25, 0.3) is 0 Å². The number of hydrogen-bond acceptors (Lipinski definition) is 4. The molecule has 0 spiro atoms. The fraction of sp³-hybridized carbons (Fsp3) is 0.545. The number of hydrogen-bond donors (Lipinski definition) is 2. The maximum Gasteiger partial charge on any atom is 0.246 e. The second-order valence-corrected chi connectivity index (χ2v) is 5.99. The van der Waals surface area contributed by atoms with Crippen molar-refractivity contribution in [3.05, 3.63) is 28.7 Å². The summed E-state index contributed by atoms with van der Waals surface area (Å²) in [6.45, 7) is 0. The summed E-state index contributed by atoms with van der Waals surface area (Å²) in [7, 11) is -2.23. The van der Waals surface area contributed by atoms with Crippen molar-refractivity contribution in [3.63, 3.8) is 0 Å². The number of sulfonamides is 1. The van der Waals surface area contributed by atoms with Gasteiger partial charge in [-0.05, 0) is 19.3 Å². The highest BCUT2D eigenvalue weighted by Crippen LogP contribution is 2.22. The van der Waals surface area contributed by atoms with Crippen molar-refractivity contribution in [2.45, 2.75) is 36.3 Å².